The van der Waals surface area contributed by atoms with Crippen molar-refractivity contribution in [2.75, 3.05) is 9.80 Å². The van der Waals surface area contributed by atoms with E-state index in [0.717, 1.165) is 85.8 Å². The van der Waals surface area contributed by atoms with Gasteiger partial charge in [0, 0.05) is 87.4 Å². The number of anilines is 6. The van der Waals surface area contributed by atoms with Gasteiger partial charge in [0.05, 0.1) is 56.2 Å². The van der Waals surface area contributed by atoms with Gasteiger partial charge in [0.1, 0.15) is 0 Å². The van der Waals surface area contributed by atoms with Crippen LogP contribution in [0.4, 0.5) is 34.1 Å². The van der Waals surface area contributed by atoms with Crippen LogP contribution in [0.3, 0.4) is 0 Å². The summed E-state index contributed by atoms with van der Waals surface area (Å²) >= 11 is 10.7. The van der Waals surface area contributed by atoms with E-state index in [1.807, 2.05) is 175 Å². The predicted molar refractivity (Wildman–Crippen MR) is 445 cm³/mol. The SMILES string of the molecule is Brc1ccc2c(c1)c1ccccc1n2-c1nc(-c2ccccc2)nc(-c2ccccc2)n1.OB(O)c1cc2c3c(c1)Sc1ccccc1N3c1ccccc1S2.c1ccc(-c2nc(-c3ccccc3)nc(-n3c4ccccc4c4cc(-c5cc6c7c(c5)Sc5ccccc5N7c5ccccc5S6)ccc43)n2)cc1. The summed E-state index contributed by atoms with van der Waals surface area (Å²) < 4.78 is 5.35. The monoisotopic (exact) mass is 1530 g/mol. The number of hydrogen-bond acceptors (Lipinski definition) is 14. The van der Waals surface area contributed by atoms with Gasteiger partial charge in [-0.25, -0.2) is 9.97 Å². The standard InChI is InChI=1S/C45H27N5S2.C27H17BrN4.C18H12BNO2S2/c1-3-13-28(14-4-1)43-46-44(29-15-5-2-6-16-29)48-45(47-43)50-34-18-8-7-17-32(34)33-25-30(23-24-35(33)50)31-26-40-42-41(27-31)52-39-22-12-10-20-37(39)49(42)36-19-9-11-21-38(36)51-40;28-20-15-16-24-22(17-20)21-13-7-8-14-23(21)32(24)27-30-25(18-9-3-1-4-10-18)29-26(31-27)19-11-5-2-6-12-19;21-19(22)11-9-16-18-17(10-11)24-15-8-4-2-6-13(15)20(18)12-5-1-3-7-14(12)23-16/h1-27H;1-17H;1-10,21-22H. The fraction of sp³-hybridized carbons (Fsp3) is 0. The van der Waals surface area contributed by atoms with Gasteiger partial charge in [-0.3, -0.25) is 9.13 Å². The van der Waals surface area contributed by atoms with E-state index >= 15 is 0 Å². The number of aromatic nitrogens is 8. The third kappa shape index (κ3) is 11.7. The van der Waals surface area contributed by atoms with E-state index < -0.39 is 7.12 Å². The van der Waals surface area contributed by atoms with Crippen LogP contribution in [0.5, 0.6) is 0 Å². The molecular formula is C90H56BBrN10O2S4. The summed E-state index contributed by atoms with van der Waals surface area (Å²) in [4.78, 5) is 44.1. The molecule has 22 rings (SSSR count). The normalized spacial score (nSPS) is 12.6. The highest BCUT2D eigenvalue weighted by Crippen LogP contribution is 2.62. The Labute approximate surface area is 646 Å². The lowest BCUT2D eigenvalue weighted by atomic mass is 9.80. The van der Waals surface area contributed by atoms with Gasteiger partial charge in [0.2, 0.25) is 11.9 Å². The first kappa shape index (κ1) is 65.7. The van der Waals surface area contributed by atoms with Gasteiger partial charge >= 0.3 is 7.12 Å². The van der Waals surface area contributed by atoms with Crippen molar-refractivity contribution in [3.63, 3.8) is 0 Å². The zero-order chi connectivity index (χ0) is 71.9. The number of nitrogens with zero attached hydrogens (tertiary/aromatic N) is 10. The van der Waals surface area contributed by atoms with Crippen LogP contribution in [0.2, 0.25) is 0 Å². The van der Waals surface area contributed by atoms with Crippen molar-refractivity contribution >= 4 is 153 Å². The molecule has 0 radical (unpaired) electrons. The van der Waals surface area contributed by atoms with Gasteiger partial charge in [-0.15, -0.1) is 0 Å². The lowest BCUT2D eigenvalue weighted by Gasteiger charge is -2.38. The van der Waals surface area contributed by atoms with E-state index in [-0.39, 0.29) is 0 Å². The Bertz CT molecular complexity index is 6360. The van der Waals surface area contributed by atoms with Crippen LogP contribution >= 0.6 is 63.0 Å². The molecule has 0 aliphatic carbocycles. The molecule has 108 heavy (non-hydrogen) atoms. The van der Waals surface area contributed by atoms with E-state index in [1.54, 1.807) is 23.5 Å². The highest BCUT2D eigenvalue weighted by molar-refractivity contribution is 9.10. The quantitative estimate of drug-likeness (QED) is 0.140. The first-order valence-electron chi connectivity index (χ1n) is 35.1. The number of para-hydroxylation sites is 6. The minimum absolute atomic E-state index is 0.530. The van der Waals surface area contributed by atoms with Crippen LogP contribution in [-0.2, 0) is 0 Å². The molecule has 0 bridgehead atoms. The summed E-state index contributed by atoms with van der Waals surface area (Å²) in [6.45, 7) is 0. The molecule has 18 heteroatoms. The van der Waals surface area contributed by atoms with Crippen LogP contribution in [0.25, 0.3) is 112 Å². The third-order valence-electron chi connectivity index (χ3n) is 19.6. The summed E-state index contributed by atoms with van der Waals surface area (Å²) in [5, 5.41) is 23.9. The fourth-order valence-electron chi connectivity index (χ4n) is 14.7. The minimum atomic E-state index is -1.46. The molecule has 4 aliphatic rings. The van der Waals surface area contributed by atoms with E-state index in [2.05, 4.69) is 211 Å². The molecule has 0 saturated heterocycles. The lowest BCUT2D eigenvalue weighted by Crippen LogP contribution is -2.31. The molecule has 2 N–H and O–H groups in total. The number of hydrogen-bond donors (Lipinski definition) is 2. The third-order valence-corrected chi connectivity index (χ3v) is 24.4. The maximum absolute atomic E-state index is 9.64. The average molecular weight is 1530 g/mol. The molecule has 512 valence electrons. The Kier molecular flexibility index (Phi) is 16.7. The van der Waals surface area contributed by atoms with Crippen molar-refractivity contribution < 1.29 is 10.0 Å². The van der Waals surface area contributed by atoms with Crippen LogP contribution in [0.1, 0.15) is 0 Å². The van der Waals surface area contributed by atoms with Gasteiger partial charge < -0.3 is 19.8 Å². The molecule has 14 aromatic carbocycles. The molecule has 18 aromatic rings. The molecule has 0 amide bonds. The smallest absolute Gasteiger partial charge is 0.423 e. The molecular weight excluding hydrogens is 1470 g/mol. The van der Waals surface area contributed by atoms with Crippen molar-refractivity contribution in [3.05, 3.63) is 332 Å². The van der Waals surface area contributed by atoms with Gasteiger partial charge in [-0.1, -0.05) is 275 Å². The molecule has 0 saturated carbocycles. The van der Waals surface area contributed by atoms with Crippen molar-refractivity contribution in [2.24, 2.45) is 0 Å². The van der Waals surface area contributed by atoms with E-state index in [4.69, 9.17) is 29.9 Å². The minimum Gasteiger partial charge on any atom is -0.423 e. The average Bonchev–Trinajstić information content (AvgIpc) is 1.04. The van der Waals surface area contributed by atoms with Crippen LogP contribution in [0, 0.1) is 0 Å². The Morgan fingerprint density at radius 1 is 0.259 bits per heavy atom. The molecule has 8 heterocycles. The first-order chi connectivity index (χ1) is 53.3. The number of halogens is 1. The highest BCUT2D eigenvalue weighted by Gasteiger charge is 2.36. The maximum Gasteiger partial charge on any atom is 0.488 e. The second kappa shape index (κ2) is 27.5. The Morgan fingerprint density at radius 3 is 0.954 bits per heavy atom. The van der Waals surface area contributed by atoms with Gasteiger partial charge in [0.15, 0.2) is 23.3 Å². The van der Waals surface area contributed by atoms with E-state index in [9.17, 15) is 10.0 Å². The first-order valence-corrected chi connectivity index (χ1v) is 39.2. The van der Waals surface area contributed by atoms with Gasteiger partial charge in [-0.05, 0) is 132 Å². The van der Waals surface area contributed by atoms with Crippen LogP contribution in [-0.4, -0.2) is 56.2 Å². The topological polar surface area (TPSA) is 134 Å². The number of fused-ring (bicyclic) bond motifs is 14. The lowest BCUT2D eigenvalue weighted by molar-refractivity contribution is 0.425. The van der Waals surface area contributed by atoms with Crippen LogP contribution in [0.15, 0.2) is 371 Å². The molecule has 0 fully saturated rings. The fourth-order valence-corrected chi connectivity index (χ4v) is 19.7. The molecule has 4 aliphatic heterocycles. The number of rotatable bonds is 8. The van der Waals surface area contributed by atoms with E-state index in [1.165, 1.54) is 68.9 Å². The van der Waals surface area contributed by atoms with Crippen molar-refractivity contribution in [1.29, 1.82) is 0 Å². The molecule has 4 aromatic heterocycles. The largest absolute Gasteiger partial charge is 0.488 e. The summed E-state index contributed by atoms with van der Waals surface area (Å²) in [5.74, 6) is 3.78. The summed E-state index contributed by atoms with van der Waals surface area (Å²) in [5.41, 5.74) is 18.1. The van der Waals surface area contributed by atoms with Gasteiger partial charge in [0.25, 0.3) is 0 Å². The second-order valence-electron chi connectivity index (χ2n) is 26.1. The predicted octanol–water partition coefficient (Wildman–Crippen LogP) is 23.2. The van der Waals surface area contributed by atoms with Crippen molar-refractivity contribution in [3.8, 4) is 68.6 Å². The number of benzene rings is 14. The van der Waals surface area contributed by atoms with Crippen LogP contribution < -0.4 is 15.3 Å². The summed E-state index contributed by atoms with van der Waals surface area (Å²) in [6, 6.07) is 113. The Balaban J connectivity index is 0.000000117. The van der Waals surface area contributed by atoms with Crippen molar-refractivity contribution in [1.82, 2.24) is 39.0 Å². The highest BCUT2D eigenvalue weighted by atomic mass is 79.9. The Hall–Kier alpha value is -11.8. The summed E-state index contributed by atoms with van der Waals surface area (Å²) in [6.07, 6.45) is 0. The second-order valence-corrected chi connectivity index (χ2v) is 31.4. The maximum atomic E-state index is 9.64. The zero-order valence-corrected chi connectivity index (χ0v) is 62.0. The molecule has 0 atom stereocenters. The van der Waals surface area contributed by atoms with Crippen molar-refractivity contribution in [2.45, 2.75) is 39.2 Å². The molecule has 0 spiro atoms. The van der Waals surface area contributed by atoms with Gasteiger partial charge in [-0.2, -0.15) is 19.9 Å². The van der Waals surface area contributed by atoms with E-state index in [0.29, 0.717) is 40.7 Å². The summed E-state index contributed by atoms with van der Waals surface area (Å²) in [7, 11) is -1.46. The zero-order valence-electron chi connectivity index (χ0n) is 57.1. The molecule has 0 unspecified atom stereocenters. The Morgan fingerprint density at radius 2 is 0.574 bits per heavy atom. The molecule has 12 nitrogen and oxygen atoms in total.